The lowest BCUT2D eigenvalue weighted by molar-refractivity contribution is 0.415. The first-order valence-corrected chi connectivity index (χ1v) is 6.51. The Bertz CT molecular complexity index is 399. The van der Waals surface area contributed by atoms with Gasteiger partial charge in [-0.1, -0.05) is 6.07 Å². The van der Waals surface area contributed by atoms with Crippen LogP contribution in [-0.2, 0) is 6.54 Å². The highest BCUT2D eigenvalue weighted by Crippen LogP contribution is 2.44. The minimum absolute atomic E-state index is 0.231. The summed E-state index contributed by atoms with van der Waals surface area (Å²) in [7, 11) is 0. The monoisotopic (exact) mass is 234 g/mol. The van der Waals surface area contributed by atoms with Crippen molar-refractivity contribution in [2.24, 2.45) is 11.8 Å². The van der Waals surface area contributed by atoms with E-state index in [1.54, 1.807) is 12.1 Å². The molecule has 3 heteroatoms. The van der Waals surface area contributed by atoms with Crippen molar-refractivity contribution >= 4 is 5.69 Å². The lowest BCUT2D eigenvalue weighted by Crippen LogP contribution is -2.32. The third kappa shape index (κ3) is 2.60. The van der Waals surface area contributed by atoms with Gasteiger partial charge in [0.15, 0.2) is 0 Å². The second-order valence-corrected chi connectivity index (χ2v) is 5.44. The number of halogens is 1. The number of hydrogen-bond acceptors (Lipinski definition) is 2. The molecule has 0 aliphatic heterocycles. The third-order valence-corrected chi connectivity index (χ3v) is 3.87. The summed E-state index contributed by atoms with van der Waals surface area (Å²) in [5.74, 6) is 1.45. The van der Waals surface area contributed by atoms with Gasteiger partial charge in [-0.25, -0.2) is 4.39 Å². The number of rotatable bonds is 5. The lowest BCUT2D eigenvalue weighted by Gasteiger charge is -2.17. The van der Waals surface area contributed by atoms with E-state index in [-0.39, 0.29) is 11.5 Å². The topological polar surface area (TPSA) is 38.0 Å². The summed E-state index contributed by atoms with van der Waals surface area (Å²) in [6.45, 7) is 0.759. The van der Waals surface area contributed by atoms with E-state index < -0.39 is 0 Å². The van der Waals surface area contributed by atoms with Gasteiger partial charge in [0.05, 0.1) is 5.69 Å². The van der Waals surface area contributed by atoms with E-state index in [1.807, 2.05) is 6.07 Å². The Morgan fingerprint density at radius 3 is 2.41 bits per heavy atom. The van der Waals surface area contributed by atoms with Crippen LogP contribution in [0, 0.1) is 17.7 Å². The molecule has 2 aliphatic carbocycles. The number of hydrogen-bond donors (Lipinski definition) is 2. The first-order valence-electron chi connectivity index (χ1n) is 6.51. The average molecular weight is 234 g/mol. The van der Waals surface area contributed by atoms with E-state index in [1.165, 1.54) is 25.7 Å². The van der Waals surface area contributed by atoms with Crippen LogP contribution in [0.4, 0.5) is 10.1 Å². The molecule has 0 bridgehead atoms. The van der Waals surface area contributed by atoms with E-state index in [0.29, 0.717) is 6.04 Å². The van der Waals surface area contributed by atoms with Crippen LogP contribution in [0.1, 0.15) is 31.2 Å². The van der Waals surface area contributed by atoms with Gasteiger partial charge in [-0.2, -0.15) is 0 Å². The molecule has 0 heterocycles. The van der Waals surface area contributed by atoms with Crippen LogP contribution in [0.25, 0.3) is 0 Å². The molecule has 3 rings (SSSR count). The first kappa shape index (κ1) is 11.0. The van der Waals surface area contributed by atoms with Crippen LogP contribution in [0.5, 0.6) is 0 Å². The molecule has 92 valence electrons. The largest absolute Gasteiger partial charge is 0.396 e. The van der Waals surface area contributed by atoms with Crippen molar-refractivity contribution in [2.45, 2.75) is 38.3 Å². The zero-order chi connectivity index (χ0) is 11.8. The number of nitrogens with two attached hydrogens (primary N) is 1. The van der Waals surface area contributed by atoms with Crippen LogP contribution in [0.3, 0.4) is 0 Å². The Morgan fingerprint density at radius 2 is 1.88 bits per heavy atom. The zero-order valence-corrected chi connectivity index (χ0v) is 9.95. The van der Waals surface area contributed by atoms with E-state index in [4.69, 9.17) is 5.73 Å². The average Bonchev–Trinajstić information content (AvgIpc) is 3.14. The van der Waals surface area contributed by atoms with Gasteiger partial charge in [0.2, 0.25) is 0 Å². The molecule has 0 unspecified atom stereocenters. The molecule has 0 spiro atoms. The summed E-state index contributed by atoms with van der Waals surface area (Å²) in [6, 6.07) is 5.76. The van der Waals surface area contributed by atoms with Gasteiger partial charge in [0.25, 0.3) is 0 Å². The fourth-order valence-corrected chi connectivity index (χ4v) is 2.55. The summed E-state index contributed by atoms with van der Waals surface area (Å²) in [5.41, 5.74) is 6.69. The van der Waals surface area contributed by atoms with Gasteiger partial charge in [-0.15, -0.1) is 0 Å². The van der Waals surface area contributed by atoms with E-state index >= 15 is 0 Å². The second-order valence-electron chi connectivity index (χ2n) is 5.44. The Labute approximate surface area is 101 Å². The molecule has 1 aromatic rings. The molecular weight excluding hydrogens is 215 g/mol. The molecular formula is C14H19FN2. The predicted molar refractivity (Wildman–Crippen MR) is 66.9 cm³/mol. The second kappa shape index (κ2) is 4.30. The number of nitrogen functional groups attached to an aromatic ring is 1. The smallest absolute Gasteiger partial charge is 0.146 e. The van der Waals surface area contributed by atoms with E-state index in [9.17, 15) is 4.39 Å². The molecule has 0 radical (unpaired) electrons. The fraction of sp³-hybridized carbons (Fsp3) is 0.571. The van der Waals surface area contributed by atoms with Crippen LogP contribution in [-0.4, -0.2) is 6.04 Å². The Morgan fingerprint density at radius 1 is 1.24 bits per heavy atom. The van der Waals surface area contributed by atoms with Gasteiger partial charge in [0, 0.05) is 12.6 Å². The first-order chi connectivity index (χ1) is 8.24. The van der Waals surface area contributed by atoms with Crippen molar-refractivity contribution in [1.82, 2.24) is 5.32 Å². The number of nitrogens with one attached hydrogen (secondary N) is 1. The Kier molecular flexibility index (Phi) is 2.79. The van der Waals surface area contributed by atoms with Crippen LogP contribution >= 0.6 is 0 Å². The molecule has 2 aliphatic rings. The molecule has 2 nitrogen and oxygen atoms in total. The molecule has 17 heavy (non-hydrogen) atoms. The maximum atomic E-state index is 13.3. The van der Waals surface area contributed by atoms with Crippen LogP contribution < -0.4 is 11.1 Å². The van der Waals surface area contributed by atoms with E-state index in [2.05, 4.69) is 5.32 Å². The van der Waals surface area contributed by atoms with Gasteiger partial charge in [0.1, 0.15) is 5.82 Å². The molecule has 1 aromatic carbocycles. The number of benzene rings is 1. The molecule has 0 atom stereocenters. The maximum absolute atomic E-state index is 13.3. The van der Waals surface area contributed by atoms with Gasteiger partial charge >= 0.3 is 0 Å². The van der Waals surface area contributed by atoms with Crippen molar-refractivity contribution in [3.63, 3.8) is 0 Å². The quantitative estimate of drug-likeness (QED) is 0.769. The van der Waals surface area contributed by atoms with Crippen LogP contribution in [0.15, 0.2) is 18.2 Å². The fourth-order valence-electron chi connectivity index (χ4n) is 2.55. The van der Waals surface area contributed by atoms with Crippen molar-refractivity contribution in [3.05, 3.63) is 29.6 Å². The highest BCUT2D eigenvalue weighted by Gasteiger charge is 2.40. The minimum Gasteiger partial charge on any atom is -0.396 e. The maximum Gasteiger partial charge on any atom is 0.146 e. The minimum atomic E-state index is -0.307. The zero-order valence-electron chi connectivity index (χ0n) is 9.95. The normalized spacial score (nSPS) is 19.9. The Hall–Kier alpha value is -1.09. The van der Waals surface area contributed by atoms with Gasteiger partial charge < -0.3 is 11.1 Å². The van der Waals surface area contributed by atoms with E-state index in [0.717, 1.165) is 23.9 Å². The standard InChI is InChI=1S/C14H19FN2/c15-12-7-9(1-6-13(12)16)8-17-14(10-2-3-10)11-4-5-11/h1,6-7,10-11,14,17H,2-5,8,16H2. The number of anilines is 1. The highest BCUT2D eigenvalue weighted by atomic mass is 19.1. The summed E-state index contributed by atoms with van der Waals surface area (Å²) in [5, 5.41) is 3.60. The summed E-state index contributed by atoms with van der Waals surface area (Å²) in [6.07, 6.45) is 5.46. The van der Waals surface area contributed by atoms with Gasteiger partial charge in [-0.3, -0.25) is 0 Å². The third-order valence-electron chi connectivity index (χ3n) is 3.87. The van der Waals surface area contributed by atoms with Crippen molar-refractivity contribution in [3.8, 4) is 0 Å². The van der Waals surface area contributed by atoms with Crippen molar-refractivity contribution in [2.75, 3.05) is 5.73 Å². The molecule has 0 aromatic heterocycles. The van der Waals surface area contributed by atoms with Crippen molar-refractivity contribution in [1.29, 1.82) is 0 Å². The van der Waals surface area contributed by atoms with Crippen molar-refractivity contribution < 1.29 is 4.39 Å². The molecule has 0 amide bonds. The summed E-state index contributed by atoms with van der Waals surface area (Å²) >= 11 is 0. The molecule has 0 saturated heterocycles. The SMILES string of the molecule is Nc1ccc(CNC(C2CC2)C2CC2)cc1F. The van der Waals surface area contributed by atoms with Crippen LogP contribution in [0.2, 0.25) is 0 Å². The predicted octanol–water partition coefficient (Wildman–Crippen LogP) is 2.69. The lowest BCUT2D eigenvalue weighted by atomic mass is 10.1. The molecule has 2 saturated carbocycles. The Balaban J connectivity index is 1.60. The molecule has 2 fully saturated rings. The summed E-state index contributed by atoms with van der Waals surface area (Å²) < 4.78 is 13.3. The summed E-state index contributed by atoms with van der Waals surface area (Å²) in [4.78, 5) is 0. The molecule has 3 N–H and O–H groups in total. The highest BCUT2D eigenvalue weighted by molar-refractivity contribution is 5.41. The van der Waals surface area contributed by atoms with Gasteiger partial charge in [-0.05, 0) is 55.2 Å².